The van der Waals surface area contributed by atoms with Gasteiger partial charge in [-0.3, -0.25) is 0 Å². The number of halogens is 3. The van der Waals surface area contributed by atoms with Crippen LogP contribution in [0.15, 0.2) is 22.8 Å². The van der Waals surface area contributed by atoms with E-state index < -0.39 is 17.3 Å². The monoisotopic (exact) mass is 192 g/mol. The zero-order valence-corrected chi connectivity index (χ0v) is 7.31. The van der Waals surface area contributed by atoms with Gasteiger partial charge in [-0.15, -0.1) is 0 Å². The van der Waals surface area contributed by atoms with Crippen molar-refractivity contribution in [1.29, 1.82) is 10.5 Å². The molecule has 0 saturated carbocycles. The Hall–Kier alpha value is -1.15. The van der Waals surface area contributed by atoms with E-state index >= 15 is 0 Å². The minimum atomic E-state index is -4.51. The van der Waals surface area contributed by atoms with Crippen molar-refractivity contribution in [2.75, 3.05) is 0 Å². The second-order valence-corrected chi connectivity index (χ2v) is 2.40. The maximum absolute atomic E-state index is 12.2. The van der Waals surface area contributed by atoms with Gasteiger partial charge in [-0.1, -0.05) is 6.08 Å². The van der Waals surface area contributed by atoms with E-state index in [9.17, 15) is 13.2 Å². The Morgan fingerprint density at radius 2 is 1.86 bits per heavy atom. The fourth-order valence-electron chi connectivity index (χ4n) is 1.06. The molecule has 0 aromatic rings. The van der Waals surface area contributed by atoms with Gasteiger partial charge in [0.05, 0.1) is 16.7 Å². The van der Waals surface area contributed by atoms with Crippen LogP contribution in [0.4, 0.5) is 13.2 Å². The van der Waals surface area contributed by atoms with Crippen LogP contribution in [0, 0.1) is 22.7 Å². The maximum Gasteiger partial charge on any atom is 1.00 e. The zero-order valence-electron chi connectivity index (χ0n) is 8.31. The largest absolute Gasteiger partial charge is 1.00 e. The van der Waals surface area contributed by atoms with E-state index in [-0.39, 0.29) is 32.3 Å². The summed E-state index contributed by atoms with van der Waals surface area (Å²) in [4.78, 5) is 0. The van der Waals surface area contributed by atoms with Gasteiger partial charge in [-0.2, -0.15) is 23.7 Å². The Morgan fingerprint density at radius 1 is 1.29 bits per heavy atom. The fourth-order valence-corrected chi connectivity index (χ4v) is 1.06. The molecule has 0 spiro atoms. The predicted molar refractivity (Wildman–Crippen MR) is 38.1 cm³/mol. The molecule has 0 heterocycles. The Kier molecular flexibility index (Phi) is 4.02. The number of hydrogen-bond acceptors (Lipinski definition) is 2. The van der Waals surface area contributed by atoms with Crippen LogP contribution in [0.5, 0.6) is 0 Å². The smallest absolute Gasteiger partial charge is 1.00 e. The van der Waals surface area contributed by atoms with Crippen LogP contribution in [0.25, 0.3) is 0 Å². The van der Waals surface area contributed by atoms with E-state index in [2.05, 4.69) is 0 Å². The molecule has 6 heteroatoms. The van der Waals surface area contributed by atoms with Crippen molar-refractivity contribution in [3.63, 3.8) is 0 Å². The molecule has 1 rings (SSSR count). The van der Waals surface area contributed by atoms with Crippen LogP contribution in [-0.4, -0.2) is 6.18 Å². The number of nitriles is 2. The summed E-state index contributed by atoms with van der Waals surface area (Å²) >= 11 is 0. The van der Waals surface area contributed by atoms with E-state index in [0.29, 0.717) is 0 Å². The molecule has 0 saturated heterocycles. The van der Waals surface area contributed by atoms with E-state index in [1.165, 1.54) is 6.07 Å². The number of nitrogens with zero attached hydrogens (tertiary/aromatic N) is 2. The minimum Gasteiger partial charge on any atom is -1.00 e. The summed E-state index contributed by atoms with van der Waals surface area (Å²) in [6.45, 7) is 0. The third kappa shape index (κ3) is 2.20. The molecule has 0 radical (unpaired) electrons. The van der Waals surface area contributed by atoms with E-state index in [1.54, 1.807) is 6.07 Å². The second kappa shape index (κ2) is 4.38. The summed E-state index contributed by atoms with van der Waals surface area (Å²) in [6, 6.07) is 2.94. The van der Waals surface area contributed by atoms with Crippen molar-refractivity contribution in [1.82, 2.24) is 0 Å². The topological polar surface area (TPSA) is 47.6 Å². The predicted octanol–water partition coefficient (Wildman–Crippen LogP) is -0.661. The van der Waals surface area contributed by atoms with Crippen molar-refractivity contribution in [3.05, 3.63) is 22.8 Å². The van der Waals surface area contributed by atoms with Gasteiger partial charge in [0.25, 0.3) is 0 Å². The van der Waals surface area contributed by atoms with Gasteiger partial charge in [-0.25, -0.2) is 0 Å². The van der Waals surface area contributed by atoms with Crippen molar-refractivity contribution in [3.8, 4) is 12.1 Å². The van der Waals surface area contributed by atoms with Crippen LogP contribution in [0.3, 0.4) is 0 Å². The molecule has 14 heavy (non-hydrogen) atoms. The Balaban J connectivity index is 0. The molecule has 0 amide bonds. The standard InChI is InChI=1S/C8H3F3N2.Li.H/c9-8(10,11)7-2-1-5(3-12)6(7)4-13;;/h1H,2H2;;/q;+1;-1. The van der Waals surface area contributed by atoms with Gasteiger partial charge in [0.1, 0.15) is 12.1 Å². The molecular formula is C8H4F3LiN2. The van der Waals surface area contributed by atoms with Gasteiger partial charge in [0.15, 0.2) is 0 Å². The SMILES string of the molecule is N#CC1=CCC(C(F)(F)F)=C1C#N.[H-].[Li+]. The second-order valence-electron chi connectivity index (χ2n) is 2.40. The van der Waals surface area contributed by atoms with Crippen molar-refractivity contribution in [2.24, 2.45) is 0 Å². The Labute approximate surface area is 92.0 Å². The van der Waals surface area contributed by atoms with E-state index in [0.717, 1.165) is 6.08 Å². The van der Waals surface area contributed by atoms with Gasteiger partial charge >= 0.3 is 25.0 Å². The molecule has 0 aromatic carbocycles. The van der Waals surface area contributed by atoms with Crippen LogP contribution in [-0.2, 0) is 0 Å². The van der Waals surface area contributed by atoms with Crippen LogP contribution in [0.2, 0.25) is 0 Å². The van der Waals surface area contributed by atoms with E-state index in [1.807, 2.05) is 0 Å². The number of allylic oxidation sites excluding steroid dienone is 4. The summed E-state index contributed by atoms with van der Waals surface area (Å²) in [5.74, 6) is 0. The normalized spacial score (nSPS) is 15.4. The summed E-state index contributed by atoms with van der Waals surface area (Å²) in [6.07, 6.45) is -3.78. The molecule has 0 atom stereocenters. The molecule has 1 aliphatic carbocycles. The summed E-state index contributed by atoms with van der Waals surface area (Å²) in [5.41, 5.74) is -1.66. The third-order valence-corrected chi connectivity index (χ3v) is 1.66. The number of hydrogen-bond donors (Lipinski definition) is 0. The molecule has 0 bridgehead atoms. The summed E-state index contributed by atoms with van der Waals surface area (Å²) < 4.78 is 36.5. The number of rotatable bonds is 0. The van der Waals surface area contributed by atoms with Crippen molar-refractivity contribution < 1.29 is 33.5 Å². The summed E-state index contributed by atoms with van der Waals surface area (Å²) in [7, 11) is 0. The van der Waals surface area contributed by atoms with Gasteiger partial charge < -0.3 is 1.43 Å². The van der Waals surface area contributed by atoms with E-state index in [4.69, 9.17) is 10.5 Å². The summed E-state index contributed by atoms with van der Waals surface area (Å²) in [5, 5.41) is 16.8. The quantitative estimate of drug-likeness (QED) is 0.478. The molecule has 68 valence electrons. The first-order valence-corrected chi connectivity index (χ1v) is 3.31. The third-order valence-electron chi connectivity index (χ3n) is 1.66. The molecule has 0 aliphatic heterocycles. The van der Waals surface area contributed by atoms with Gasteiger partial charge in [0.2, 0.25) is 0 Å². The fraction of sp³-hybridized carbons (Fsp3) is 0.250. The molecule has 0 unspecified atom stereocenters. The minimum absolute atomic E-state index is 0. The molecule has 0 aromatic heterocycles. The van der Waals surface area contributed by atoms with Crippen LogP contribution < -0.4 is 18.9 Å². The average Bonchev–Trinajstić information content (AvgIpc) is 2.45. The molecular weight excluding hydrogens is 188 g/mol. The molecule has 0 fully saturated rings. The first-order valence-electron chi connectivity index (χ1n) is 3.31. The first-order chi connectivity index (χ1) is 6.00. The molecule has 0 N–H and O–H groups in total. The van der Waals surface area contributed by atoms with Crippen molar-refractivity contribution in [2.45, 2.75) is 12.6 Å². The Bertz CT molecular complexity index is 384. The van der Waals surface area contributed by atoms with Gasteiger partial charge in [-0.05, 0) is 6.42 Å². The first kappa shape index (κ1) is 12.8. The van der Waals surface area contributed by atoms with Crippen LogP contribution in [0.1, 0.15) is 7.85 Å². The molecule has 1 aliphatic rings. The zero-order chi connectivity index (χ0) is 10.1. The average molecular weight is 192 g/mol. The van der Waals surface area contributed by atoms with Crippen molar-refractivity contribution >= 4 is 0 Å². The maximum atomic E-state index is 12.2. The Morgan fingerprint density at radius 3 is 2.21 bits per heavy atom. The number of alkyl halides is 3. The molecule has 2 nitrogen and oxygen atoms in total. The van der Waals surface area contributed by atoms with Crippen LogP contribution >= 0.6 is 0 Å². The van der Waals surface area contributed by atoms with Gasteiger partial charge in [0, 0.05) is 0 Å².